The summed E-state index contributed by atoms with van der Waals surface area (Å²) in [5.74, 6) is 1.27. The van der Waals surface area contributed by atoms with Gasteiger partial charge in [0.2, 0.25) is 0 Å². The van der Waals surface area contributed by atoms with E-state index < -0.39 is 0 Å². The van der Waals surface area contributed by atoms with Gasteiger partial charge in [-0.25, -0.2) is 0 Å². The Kier molecular flexibility index (Phi) is 3.80. The fourth-order valence-electron chi connectivity index (χ4n) is 0.890. The number of phenolic OH excluding ortho intramolecular Hbond substituents is 1. The lowest BCUT2D eigenvalue weighted by Crippen LogP contribution is -1.79. The van der Waals surface area contributed by atoms with Crippen LogP contribution in [0, 0.1) is 0 Å². The second-order valence-corrected chi connectivity index (χ2v) is 2.95. The maximum atomic E-state index is 9.19. The van der Waals surface area contributed by atoms with E-state index in [1.54, 1.807) is 12.1 Å². The molecule has 14 heavy (non-hydrogen) atoms. The van der Waals surface area contributed by atoms with Gasteiger partial charge in [-0.3, -0.25) is 0 Å². The lowest BCUT2D eigenvalue weighted by molar-refractivity contribution is 0.470. The Morgan fingerprint density at radius 3 is 2.43 bits per heavy atom. The number of rotatable bonds is 2. The van der Waals surface area contributed by atoms with Crippen molar-refractivity contribution in [2.75, 3.05) is 6.61 Å². The molecule has 2 rings (SSSR count). The summed E-state index contributed by atoms with van der Waals surface area (Å²) in [7, 11) is 0. The van der Waals surface area contributed by atoms with Crippen LogP contribution in [0.5, 0.6) is 5.75 Å². The van der Waals surface area contributed by atoms with Crippen molar-refractivity contribution >= 4 is 0 Å². The van der Waals surface area contributed by atoms with E-state index in [2.05, 4.69) is 17.9 Å². The van der Waals surface area contributed by atoms with E-state index in [1.165, 1.54) is 0 Å². The zero-order chi connectivity index (χ0) is 10.4. The van der Waals surface area contributed by atoms with Crippen LogP contribution in [0.1, 0.15) is 5.56 Å². The Bertz CT molecular complexity index is 323. The molecule has 0 aromatic heterocycles. The summed E-state index contributed by atoms with van der Waals surface area (Å²) in [5, 5.41) is 9.19. The van der Waals surface area contributed by atoms with Crippen LogP contribution < -0.4 is 0 Å². The summed E-state index contributed by atoms with van der Waals surface area (Å²) >= 11 is 0. The Labute approximate surface area is 84.1 Å². The molecule has 2 nitrogen and oxygen atoms in total. The van der Waals surface area contributed by atoms with Gasteiger partial charge in [-0.15, -0.1) is 6.58 Å². The lowest BCUT2D eigenvalue weighted by atomic mass is 10.1. The molecule has 1 fully saturated rings. The summed E-state index contributed by atoms with van der Waals surface area (Å²) in [5.41, 5.74) is 0.928. The minimum atomic E-state index is 0.349. The van der Waals surface area contributed by atoms with Gasteiger partial charge in [0.05, 0.1) is 0 Å². The number of hydrogen-bond donors (Lipinski definition) is 1. The van der Waals surface area contributed by atoms with Gasteiger partial charge in [-0.05, 0) is 18.1 Å². The van der Waals surface area contributed by atoms with Crippen molar-refractivity contribution in [2.45, 2.75) is 6.42 Å². The molecule has 1 N–H and O–H groups in total. The second kappa shape index (κ2) is 5.12. The maximum Gasteiger partial charge on any atom is 0.144 e. The third-order valence-corrected chi connectivity index (χ3v) is 1.70. The number of hydrogen-bond acceptors (Lipinski definition) is 2. The first-order chi connectivity index (χ1) is 6.74. The van der Waals surface area contributed by atoms with Gasteiger partial charge in [-0.2, -0.15) is 0 Å². The molecular formula is C12H14O2. The molecule has 0 atom stereocenters. The molecule has 1 aliphatic rings. The summed E-state index contributed by atoms with van der Waals surface area (Å²) in [6.07, 6.45) is 2.50. The predicted molar refractivity (Wildman–Crippen MR) is 57.1 cm³/mol. The Hall–Kier alpha value is -1.70. The van der Waals surface area contributed by atoms with Crippen molar-refractivity contribution in [3.05, 3.63) is 54.8 Å². The molecule has 1 aromatic carbocycles. The normalized spacial score (nSPS) is 12.1. The van der Waals surface area contributed by atoms with Crippen LogP contribution in [0.15, 0.2) is 49.3 Å². The molecule has 0 amide bonds. The number of allylic oxidation sites excluding steroid dienone is 1. The average Bonchev–Trinajstić information content (AvgIpc) is 2.94. The molecule has 0 saturated carbocycles. The number of aromatic hydroxyl groups is 1. The molecule has 2 heteroatoms. The van der Waals surface area contributed by atoms with Crippen LogP contribution in [0.3, 0.4) is 0 Å². The van der Waals surface area contributed by atoms with Gasteiger partial charge in [-0.1, -0.05) is 30.9 Å². The molecule has 1 aliphatic heterocycles. The second-order valence-electron chi connectivity index (χ2n) is 2.95. The fraction of sp³-hybridized carbons (Fsp3) is 0.167. The highest BCUT2D eigenvalue weighted by Gasteiger charge is 2.05. The Balaban J connectivity index is 0.000000203. The highest BCUT2D eigenvalue weighted by atomic mass is 16.6. The van der Waals surface area contributed by atoms with E-state index in [4.69, 9.17) is 0 Å². The lowest BCUT2D eigenvalue weighted by Gasteiger charge is -1.97. The van der Waals surface area contributed by atoms with E-state index in [0.717, 1.165) is 24.4 Å². The first kappa shape index (κ1) is 10.4. The third kappa shape index (κ3) is 3.81. The summed E-state index contributed by atoms with van der Waals surface area (Å²) in [6.45, 7) is 7.82. The van der Waals surface area contributed by atoms with Crippen molar-refractivity contribution in [3.8, 4) is 5.75 Å². The quantitative estimate of drug-likeness (QED) is 0.574. The molecular weight excluding hydrogens is 176 g/mol. The standard InChI is InChI=1S/C9H10O.C3H4O/c1-2-5-8-6-3-4-7-9(8)10;1-3-2-4-3/h2-4,6-7,10H,1,5H2;1-2H2. The van der Waals surface area contributed by atoms with Gasteiger partial charge in [0.15, 0.2) is 0 Å². The molecule has 0 unspecified atom stereocenters. The van der Waals surface area contributed by atoms with Crippen LogP contribution in [-0.2, 0) is 11.2 Å². The summed E-state index contributed by atoms with van der Waals surface area (Å²) < 4.78 is 4.51. The van der Waals surface area contributed by atoms with Crippen molar-refractivity contribution < 1.29 is 9.84 Å². The molecule has 0 spiro atoms. The minimum absolute atomic E-state index is 0.349. The van der Waals surface area contributed by atoms with Crippen molar-refractivity contribution in [1.29, 1.82) is 0 Å². The van der Waals surface area contributed by atoms with Gasteiger partial charge < -0.3 is 9.84 Å². The number of epoxide rings is 1. The number of phenols is 1. The molecule has 1 heterocycles. The van der Waals surface area contributed by atoms with Crippen molar-refractivity contribution in [1.82, 2.24) is 0 Å². The van der Waals surface area contributed by atoms with Crippen LogP contribution in [-0.4, -0.2) is 11.7 Å². The van der Waals surface area contributed by atoms with Gasteiger partial charge in [0.1, 0.15) is 18.1 Å². The zero-order valence-electron chi connectivity index (χ0n) is 8.07. The fourth-order valence-corrected chi connectivity index (χ4v) is 0.890. The topological polar surface area (TPSA) is 32.8 Å². The van der Waals surface area contributed by atoms with Gasteiger partial charge in [0.25, 0.3) is 0 Å². The van der Waals surface area contributed by atoms with Gasteiger partial charge in [0, 0.05) is 0 Å². The molecule has 74 valence electrons. The Morgan fingerprint density at radius 1 is 1.43 bits per heavy atom. The maximum absolute atomic E-state index is 9.19. The van der Waals surface area contributed by atoms with Crippen LogP contribution in [0.2, 0.25) is 0 Å². The smallest absolute Gasteiger partial charge is 0.144 e. The summed E-state index contributed by atoms with van der Waals surface area (Å²) in [6, 6.07) is 7.27. The van der Waals surface area contributed by atoms with E-state index >= 15 is 0 Å². The highest BCUT2D eigenvalue weighted by Crippen LogP contribution is 2.15. The number of benzene rings is 1. The van der Waals surface area contributed by atoms with E-state index in [1.807, 2.05) is 18.2 Å². The molecule has 0 radical (unpaired) electrons. The first-order valence-electron chi connectivity index (χ1n) is 4.42. The van der Waals surface area contributed by atoms with Crippen molar-refractivity contribution in [3.63, 3.8) is 0 Å². The summed E-state index contributed by atoms with van der Waals surface area (Å²) in [4.78, 5) is 0. The molecule has 0 bridgehead atoms. The zero-order valence-corrected chi connectivity index (χ0v) is 8.07. The van der Waals surface area contributed by atoms with Crippen molar-refractivity contribution in [2.24, 2.45) is 0 Å². The third-order valence-electron chi connectivity index (χ3n) is 1.70. The van der Waals surface area contributed by atoms with E-state index in [0.29, 0.717) is 5.75 Å². The first-order valence-corrected chi connectivity index (χ1v) is 4.42. The minimum Gasteiger partial charge on any atom is -0.508 e. The molecule has 1 aromatic rings. The molecule has 1 saturated heterocycles. The average molecular weight is 190 g/mol. The largest absolute Gasteiger partial charge is 0.508 e. The molecule has 0 aliphatic carbocycles. The van der Waals surface area contributed by atoms with E-state index in [-0.39, 0.29) is 0 Å². The number of ether oxygens (including phenoxy) is 1. The SMILES string of the molecule is C=C1CO1.C=CCc1ccccc1O. The Morgan fingerprint density at radius 2 is 2.00 bits per heavy atom. The number of para-hydroxylation sites is 1. The van der Waals surface area contributed by atoms with Gasteiger partial charge >= 0.3 is 0 Å². The monoisotopic (exact) mass is 190 g/mol. The highest BCUT2D eigenvalue weighted by molar-refractivity contribution is 5.32. The van der Waals surface area contributed by atoms with Crippen LogP contribution in [0.25, 0.3) is 0 Å². The van der Waals surface area contributed by atoms with Crippen LogP contribution >= 0.6 is 0 Å². The predicted octanol–water partition coefficient (Wildman–Crippen LogP) is 2.65. The van der Waals surface area contributed by atoms with E-state index in [9.17, 15) is 5.11 Å². The van der Waals surface area contributed by atoms with Crippen LogP contribution in [0.4, 0.5) is 0 Å².